The molecule has 0 aromatic carbocycles. The van der Waals surface area contributed by atoms with Crippen molar-refractivity contribution in [3.05, 3.63) is 37.5 Å². The van der Waals surface area contributed by atoms with Gasteiger partial charge >= 0.3 is 5.97 Å². The molecule has 0 aliphatic carbocycles. The number of hydrogen-bond donors (Lipinski definition) is 0. The summed E-state index contributed by atoms with van der Waals surface area (Å²) in [6.07, 6.45) is 10.7. The number of likely N-dealkylation sites (N-methyl/N-ethyl adjacent to an activating group) is 1. The maximum absolute atomic E-state index is 10.8. The first-order valence-corrected chi connectivity index (χ1v) is 5.94. The van der Waals surface area contributed by atoms with E-state index in [0.717, 1.165) is 32.4 Å². The number of allylic oxidation sites excluding steroid dienone is 2. The fourth-order valence-electron chi connectivity index (χ4n) is 1.20. The molecule has 0 aliphatic heterocycles. The van der Waals surface area contributed by atoms with E-state index in [1.54, 1.807) is 0 Å². The number of nitrogens with zero attached hydrogens (tertiary/aromatic N) is 1. The van der Waals surface area contributed by atoms with Gasteiger partial charge in [-0.1, -0.05) is 24.8 Å². The van der Waals surface area contributed by atoms with Crippen molar-refractivity contribution < 1.29 is 9.53 Å². The van der Waals surface area contributed by atoms with E-state index in [9.17, 15) is 4.79 Å². The molecule has 0 unspecified atom stereocenters. The Morgan fingerprint density at radius 3 is 2.71 bits per heavy atom. The Bertz CT molecular complexity index is 259. The van der Waals surface area contributed by atoms with E-state index >= 15 is 0 Å². The molecule has 96 valence electrons. The molecular formula is C14H23NO2. The maximum Gasteiger partial charge on any atom is 0.330 e. The van der Waals surface area contributed by atoms with Crippen LogP contribution >= 0.6 is 0 Å². The number of esters is 1. The number of hydrogen-bond acceptors (Lipinski definition) is 3. The molecule has 3 nitrogen and oxygen atoms in total. The number of unbranched alkanes of at least 4 members (excludes halogenated alkanes) is 2. The van der Waals surface area contributed by atoms with Crippen molar-refractivity contribution in [1.29, 1.82) is 0 Å². The first-order chi connectivity index (χ1) is 8.20. The zero-order valence-corrected chi connectivity index (χ0v) is 10.7. The lowest BCUT2D eigenvalue weighted by atomic mass is 10.2. The van der Waals surface area contributed by atoms with Gasteiger partial charge in [-0.2, -0.15) is 0 Å². The van der Waals surface area contributed by atoms with E-state index in [4.69, 9.17) is 4.74 Å². The van der Waals surface area contributed by atoms with E-state index in [-0.39, 0.29) is 5.97 Å². The second-order valence-electron chi connectivity index (χ2n) is 3.82. The topological polar surface area (TPSA) is 29.5 Å². The van der Waals surface area contributed by atoms with Crippen LogP contribution in [0.15, 0.2) is 37.5 Å². The molecule has 0 saturated heterocycles. The van der Waals surface area contributed by atoms with Gasteiger partial charge in [-0.15, -0.1) is 6.58 Å². The molecule has 0 aliphatic rings. The number of carbonyl (C=O) groups excluding carboxylic acids is 1. The van der Waals surface area contributed by atoms with Crippen LogP contribution in [0, 0.1) is 0 Å². The summed E-state index contributed by atoms with van der Waals surface area (Å²) in [5, 5.41) is 0. The van der Waals surface area contributed by atoms with Crippen molar-refractivity contribution >= 4 is 5.97 Å². The molecule has 0 spiro atoms. The van der Waals surface area contributed by atoms with Crippen LogP contribution in [0.2, 0.25) is 0 Å². The van der Waals surface area contributed by atoms with Gasteiger partial charge in [-0.3, -0.25) is 4.90 Å². The largest absolute Gasteiger partial charge is 0.461 e. The van der Waals surface area contributed by atoms with Gasteiger partial charge in [-0.25, -0.2) is 4.79 Å². The van der Waals surface area contributed by atoms with Gasteiger partial charge in [0.25, 0.3) is 0 Å². The van der Waals surface area contributed by atoms with Crippen LogP contribution < -0.4 is 0 Å². The molecular weight excluding hydrogens is 214 g/mol. The summed E-state index contributed by atoms with van der Waals surface area (Å²) in [6, 6.07) is 0. The normalized spacial score (nSPS) is 10.7. The lowest BCUT2D eigenvalue weighted by Crippen LogP contribution is -2.24. The number of rotatable bonds is 10. The van der Waals surface area contributed by atoms with Gasteiger partial charge < -0.3 is 4.74 Å². The molecule has 0 rings (SSSR count). The molecule has 0 saturated carbocycles. The van der Waals surface area contributed by atoms with Gasteiger partial charge in [0.05, 0.1) is 0 Å². The van der Waals surface area contributed by atoms with E-state index in [2.05, 4.69) is 30.2 Å². The minimum Gasteiger partial charge on any atom is -0.461 e. The zero-order valence-electron chi connectivity index (χ0n) is 10.7. The molecule has 0 bridgehead atoms. The molecule has 0 heterocycles. The van der Waals surface area contributed by atoms with Gasteiger partial charge in [0.1, 0.15) is 6.61 Å². The predicted molar refractivity (Wildman–Crippen MR) is 71.8 cm³/mol. The Kier molecular flexibility index (Phi) is 10.3. The fraction of sp³-hybridized carbons (Fsp3) is 0.500. The van der Waals surface area contributed by atoms with Gasteiger partial charge in [-0.05, 0) is 26.3 Å². The maximum atomic E-state index is 10.8. The van der Waals surface area contributed by atoms with E-state index in [1.807, 2.05) is 13.1 Å². The highest BCUT2D eigenvalue weighted by Crippen LogP contribution is 1.97. The Labute approximate surface area is 104 Å². The highest BCUT2D eigenvalue weighted by atomic mass is 16.5. The first-order valence-electron chi connectivity index (χ1n) is 5.94. The standard InChI is InChI=1S/C14H23NO2/c1-4-6-7-8-9-10-11-15(3)12-13-17-14(16)5-2/h4-5,9-10H,1-2,6-8,11-13H2,3H3/b10-9+. The summed E-state index contributed by atoms with van der Waals surface area (Å²) >= 11 is 0. The van der Waals surface area contributed by atoms with Crippen LogP contribution in [-0.2, 0) is 9.53 Å². The summed E-state index contributed by atoms with van der Waals surface area (Å²) in [4.78, 5) is 12.9. The van der Waals surface area contributed by atoms with Gasteiger partial charge in [0.2, 0.25) is 0 Å². The molecule has 0 fully saturated rings. The van der Waals surface area contributed by atoms with Crippen LogP contribution in [-0.4, -0.2) is 37.6 Å². The van der Waals surface area contributed by atoms with Crippen molar-refractivity contribution in [2.75, 3.05) is 26.7 Å². The second kappa shape index (κ2) is 11.1. The molecule has 0 atom stereocenters. The minimum atomic E-state index is -0.363. The minimum absolute atomic E-state index is 0.363. The van der Waals surface area contributed by atoms with Crippen molar-refractivity contribution in [3.8, 4) is 0 Å². The third-order valence-electron chi connectivity index (χ3n) is 2.25. The number of ether oxygens (including phenoxy) is 1. The smallest absolute Gasteiger partial charge is 0.330 e. The Morgan fingerprint density at radius 1 is 1.29 bits per heavy atom. The number of carbonyl (C=O) groups is 1. The van der Waals surface area contributed by atoms with Gasteiger partial charge in [0.15, 0.2) is 0 Å². The monoisotopic (exact) mass is 237 g/mol. The SMILES string of the molecule is C=CCCC/C=C/CN(C)CCOC(=O)C=C. The molecule has 0 aromatic rings. The van der Waals surface area contributed by atoms with Crippen LogP contribution in [0.25, 0.3) is 0 Å². The Morgan fingerprint density at radius 2 is 2.06 bits per heavy atom. The average Bonchev–Trinajstić information content (AvgIpc) is 2.33. The van der Waals surface area contributed by atoms with E-state index < -0.39 is 0 Å². The quantitative estimate of drug-likeness (QED) is 0.253. The fourth-order valence-corrected chi connectivity index (χ4v) is 1.20. The summed E-state index contributed by atoms with van der Waals surface area (Å²) in [7, 11) is 2.00. The van der Waals surface area contributed by atoms with Crippen molar-refractivity contribution in [2.24, 2.45) is 0 Å². The zero-order chi connectivity index (χ0) is 12.9. The van der Waals surface area contributed by atoms with Crippen LogP contribution in [0.4, 0.5) is 0 Å². The van der Waals surface area contributed by atoms with Crippen LogP contribution in [0.5, 0.6) is 0 Å². The highest BCUT2D eigenvalue weighted by Gasteiger charge is 1.98. The van der Waals surface area contributed by atoms with E-state index in [1.165, 1.54) is 6.08 Å². The van der Waals surface area contributed by atoms with E-state index in [0.29, 0.717) is 6.61 Å². The van der Waals surface area contributed by atoms with Crippen LogP contribution in [0.1, 0.15) is 19.3 Å². The Hall–Kier alpha value is -1.35. The molecule has 0 N–H and O–H groups in total. The predicted octanol–water partition coefficient (Wildman–Crippen LogP) is 2.56. The lowest BCUT2D eigenvalue weighted by molar-refractivity contribution is -0.138. The summed E-state index contributed by atoms with van der Waals surface area (Å²) < 4.78 is 4.89. The van der Waals surface area contributed by atoms with Crippen molar-refractivity contribution in [2.45, 2.75) is 19.3 Å². The second-order valence-corrected chi connectivity index (χ2v) is 3.82. The summed E-state index contributed by atoms with van der Waals surface area (Å²) in [6.45, 7) is 9.03. The molecule has 17 heavy (non-hydrogen) atoms. The van der Waals surface area contributed by atoms with Crippen molar-refractivity contribution in [3.63, 3.8) is 0 Å². The molecule has 3 heteroatoms. The first kappa shape index (κ1) is 15.7. The highest BCUT2D eigenvalue weighted by molar-refractivity contribution is 5.81. The molecule has 0 aromatic heterocycles. The molecule has 0 amide bonds. The summed E-state index contributed by atoms with van der Waals surface area (Å²) in [5.74, 6) is -0.363. The molecule has 0 radical (unpaired) electrons. The average molecular weight is 237 g/mol. The Balaban J connectivity index is 3.45. The van der Waals surface area contributed by atoms with Gasteiger partial charge in [0, 0.05) is 19.2 Å². The van der Waals surface area contributed by atoms with Crippen molar-refractivity contribution in [1.82, 2.24) is 4.90 Å². The summed E-state index contributed by atoms with van der Waals surface area (Å²) in [5.41, 5.74) is 0. The third-order valence-corrected chi connectivity index (χ3v) is 2.25. The van der Waals surface area contributed by atoms with Crippen LogP contribution in [0.3, 0.4) is 0 Å². The third kappa shape index (κ3) is 10.9. The lowest BCUT2D eigenvalue weighted by Gasteiger charge is -2.13.